The highest BCUT2D eigenvalue weighted by Gasteiger charge is 2.39. The van der Waals surface area contributed by atoms with Crippen LogP contribution in [-0.2, 0) is 6.42 Å². The maximum Gasteiger partial charge on any atom is 0.250 e. The summed E-state index contributed by atoms with van der Waals surface area (Å²) in [6, 6.07) is 16.5. The first-order valence-corrected chi connectivity index (χ1v) is 13.8. The minimum absolute atomic E-state index is 0.126. The SMILES string of the molecule is COc1cc(/C=C/C(O)CCCCc2ccccc2)ccc1O[Si](C)(C)C(C)(C)C. The summed E-state index contributed by atoms with van der Waals surface area (Å²) in [5.74, 6) is 1.53. The molecular weight excluding hydrogens is 388 g/mol. The standard InChI is InChI=1S/C26H38O3Si/c1-26(2,3)30(5,6)29-24-19-17-22(20-25(24)28-4)16-18-23(27)15-11-10-14-21-12-8-7-9-13-21/h7-9,12-13,16-20,23,27H,10-11,14-15H2,1-6H3/b18-16+. The van der Waals surface area contributed by atoms with Gasteiger partial charge in [0.25, 0.3) is 8.32 Å². The minimum Gasteiger partial charge on any atom is -0.541 e. The molecule has 0 aliphatic rings. The Balaban J connectivity index is 1.90. The number of rotatable bonds is 10. The molecule has 164 valence electrons. The first-order chi connectivity index (χ1) is 14.1. The van der Waals surface area contributed by atoms with Gasteiger partial charge in [-0.3, -0.25) is 0 Å². The van der Waals surface area contributed by atoms with Gasteiger partial charge in [0.2, 0.25) is 0 Å². The Bertz CT molecular complexity index is 807. The highest BCUT2D eigenvalue weighted by atomic mass is 28.4. The van der Waals surface area contributed by atoms with Crippen molar-refractivity contribution >= 4 is 14.4 Å². The maximum absolute atomic E-state index is 10.3. The first kappa shape index (κ1) is 24.2. The van der Waals surface area contributed by atoms with E-state index in [0.29, 0.717) is 0 Å². The molecule has 0 bridgehead atoms. The summed E-state index contributed by atoms with van der Waals surface area (Å²) in [6.07, 6.45) is 7.31. The van der Waals surface area contributed by atoms with Crippen molar-refractivity contribution in [2.75, 3.05) is 7.11 Å². The molecule has 0 heterocycles. The zero-order valence-electron chi connectivity index (χ0n) is 19.4. The molecular formula is C26H38O3Si. The van der Waals surface area contributed by atoms with Crippen LogP contribution in [0.4, 0.5) is 0 Å². The number of methoxy groups -OCH3 is 1. The average Bonchev–Trinajstić information content (AvgIpc) is 2.70. The van der Waals surface area contributed by atoms with E-state index in [1.54, 1.807) is 7.11 Å². The fourth-order valence-electron chi connectivity index (χ4n) is 2.95. The van der Waals surface area contributed by atoms with Crippen molar-refractivity contribution < 1.29 is 14.3 Å². The highest BCUT2D eigenvalue weighted by molar-refractivity contribution is 6.74. The topological polar surface area (TPSA) is 38.7 Å². The highest BCUT2D eigenvalue weighted by Crippen LogP contribution is 2.40. The lowest BCUT2D eigenvalue weighted by atomic mass is 10.0. The first-order valence-electron chi connectivity index (χ1n) is 10.9. The lowest BCUT2D eigenvalue weighted by Gasteiger charge is -2.36. The molecule has 0 fully saturated rings. The van der Waals surface area contributed by atoms with E-state index < -0.39 is 14.4 Å². The predicted molar refractivity (Wildman–Crippen MR) is 130 cm³/mol. The van der Waals surface area contributed by atoms with E-state index in [-0.39, 0.29) is 5.04 Å². The molecule has 0 radical (unpaired) electrons. The van der Waals surface area contributed by atoms with Crippen LogP contribution in [0.1, 0.15) is 51.2 Å². The number of unbranched alkanes of at least 4 members (excludes halogenated alkanes) is 1. The molecule has 0 saturated heterocycles. The number of hydrogen-bond donors (Lipinski definition) is 1. The van der Waals surface area contributed by atoms with Crippen LogP contribution in [0.25, 0.3) is 6.08 Å². The average molecular weight is 427 g/mol. The van der Waals surface area contributed by atoms with Gasteiger partial charge in [0, 0.05) is 0 Å². The second-order valence-electron chi connectivity index (χ2n) is 9.43. The maximum atomic E-state index is 10.3. The monoisotopic (exact) mass is 426 g/mol. The van der Waals surface area contributed by atoms with Crippen LogP contribution in [0.2, 0.25) is 18.1 Å². The van der Waals surface area contributed by atoms with Crippen molar-refractivity contribution in [2.24, 2.45) is 0 Å². The van der Waals surface area contributed by atoms with Crippen LogP contribution in [0, 0.1) is 0 Å². The van der Waals surface area contributed by atoms with Crippen LogP contribution >= 0.6 is 0 Å². The van der Waals surface area contributed by atoms with Gasteiger partial charge in [-0.1, -0.05) is 75.7 Å². The zero-order valence-corrected chi connectivity index (χ0v) is 20.4. The number of aliphatic hydroxyl groups excluding tert-OH is 1. The van der Waals surface area contributed by atoms with Gasteiger partial charge in [-0.2, -0.15) is 0 Å². The molecule has 1 unspecified atom stereocenters. The molecule has 2 aromatic carbocycles. The zero-order chi connectivity index (χ0) is 22.2. The van der Waals surface area contributed by atoms with Crippen molar-refractivity contribution in [1.29, 1.82) is 0 Å². The number of ether oxygens (including phenoxy) is 1. The van der Waals surface area contributed by atoms with E-state index in [0.717, 1.165) is 42.7 Å². The molecule has 0 aliphatic heterocycles. The summed E-state index contributed by atoms with van der Waals surface area (Å²) in [5, 5.41) is 10.4. The Kier molecular flexibility index (Phi) is 8.74. The van der Waals surface area contributed by atoms with Gasteiger partial charge in [0.05, 0.1) is 13.2 Å². The van der Waals surface area contributed by atoms with Gasteiger partial charge in [-0.15, -0.1) is 0 Å². The fourth-order valence-corrected chi connectivity index (χ4v) is 3.97. The fraction of sp³-hybridized carbons (Fsp3) is 0.462. The summed E-state index contributed by atoms with van der Waals surface area (Å²) in [4.78, 5) is 0. The smallest absolute Gasteiger partial charge is 0.250 e. The Morgan fingerprint density at radius 3 is 2.33 bits per heavy atom. The molecule has 2 aromatic rings. The molecule has 0 saturated carbocycles. The van der Waals surface area contributed by atoms with Crippen LogP contribution < -0.4 is 9.16 Å². The number of hydrogen-bond acceptors (Lipinski definition) is 3. The van der Waals surface area contributed by atoms with Crippen LogP contribution in [0.3, 0.4) is 0 Å². The van der Waals surface area contributed by atoms with E-state index in [9.17, 15) is 5.11 Å². The quantitative estimate of drug-likeness (QED) is 0.333. The molecule has 4 heteroatoms. The third kappa shape index (κ3) is 7.33. The van der Waals surface area contributed by atoms with Gasteiger partial charge in [-0.25, -0.2) is 0 Å². The minimum atomic E-state index is -1.93. The largest absolute Gasteiger partial charge is 0.541 e. The van der Waals surface area contributed by atoms with Crippen molar-refractivity contribution in [3.8, 4) is 11.5 Å². The molecule has 0 aromatic heterocycles. The van der Waals surface area contributed by atoms with Crippen LogP contribution in [0.5, 0.6) is 11.5 Å². The molecule has 3 nitrogen and oxygen atoms in total. The Morgan fingerprint density at radius 1 is 1.00 bits per heavy atom. The van der Waals surface area contributed by atoms with Crippen molar-refractivity contribution in [3.05, 3.63) is 65.7 Å². The molecule has 30 heavy (non-hydrogen) atoms. The summed E-state index contributed by atoms with van der Waals surface area (Å²) in [7, 11) is -0.259. The van der Waals surface area contributed by atoms with Gasteiger partial charge in [0.1, 0.15) is 5.75 Å². The van der Waals surface area contributed by atoms with Crippen LogP contribution in [0.15, 0.2) is 54.6 Å². The van der Waals surface area contributed by atoms with E-state index in [1.165, 1.54) is 5.56 Å². The molecule has 0 aliphatic carbocycles. The van der Waals surface area contributed by atoms with E-state index >= 15 is 0 Å². The van der Waals surface area contributed by atoms with Crippen molar-refractivity contribution in [1.82, 2.24) is 0 Å². The second kappa shape index (κ2) is 10.8. The summed E-state index contributed by atoms with van der Waals surface area (Å²) in [5.41, 5.74) is 2.35. The van der Waals surface area contributed by atoms with E-state index in [1.807, 2.05) is 36.4 Å². The second-order valence-corrected chi connectivity index (χ2v) is 14.2. The number of aryl methyl sites for hydroxylation is 1. The van der Waals surface area contributed by atoms with Crippen molar-refractivity contribution in [3.63, 3.8) is 0 Å². The molecule has 2 rings (SSSR count). The summed E-state index contributed by atoms with van der Waals surface area (Å²) >= 11 is 0. The molecule has 0 spiro atoms. The van der Waals surface area contributed by atoms with Gasteiger partial charge < -0.3 is 14.3 Å². The molecule has 0 amide bonds. The van der Waals surface area contributed by atoms with Gasteiger partial charge in [-0.05, 0) is 60.7 Å². The molecule has 1 N–H and O–H groups in total. The Hall–Kier alpha value is -2.04. The lowest BCUT2D eigenvalue weighted by molar-refractivity contribution is 0.209. The third-order valence-electron chi connectivity index (χ3n) is 5.93. The third-order valence-corrected chi connectivity index (χ3v) is 10.3. The lowest BCUT2D eigenvalue weighted by Crippen LogP contribution is -2.43. The Labute approximate surface area is 183 Å². The molecule has 1 atom stereocenters. The van der Waals surface area contributed by atoms with E-state index in [2.05, 4.69) is 58.1 Å². The Morgan fingerprint density at radius 2 is 1.70 bits per heavy atom. The summed E-state index contributed by atoms with van der Waals surface area (Å²) < 4.78 is 12.0. The normalized spacial score (nSPS) is 13.4. The number of aliphatic hydroxyl groups is 1. The van der Waals surface area contributed by atoms with Gasteiger partial charge >= 0.3 is 0 Å². The predicted octanol–water partition coefficient (Wildman–Crippen LogP) is 6.87. The van der Waals surface area contributed by atoms with E-state index in [4.69, 9.17) is 9.16 Å². The van der Waals surface area contributed by atoms with Crippen LogP contribution in [-0.4, -0.2) is 26.6 Å². The van der Waals surface area contributed by atoms with Gasteiger partial charge in [0.15, 0.2) is 5.75 Å². The van der Waals surface area contributed by atoms with Crippen molar-refractivity contribution in [2.45, 2.75) is 70.7 Å². The number of benzene rings is 2. The summed E-state index contributed by atoms with van der Waals surface area (Å²) in [6.45, 7) is 11.1.